The lowest BCUT2D eigenvalue weighted by atomic mass is 10.1. The molecule has 24 heavy (non-hydrogen) atoms. The number of fused-ring (bicyclic) bond motifs is 1. The summed E-state index contributed by atoms with van der Waals surface area (Å²) in [5.41, 5.74) is -0.482. The molecule has 0 aliphatic carbocycles. The predicted octanol–water partition coefficient (Wildman–Crippen LogP) is 4.44. The van der Waals surface area contributed by atoms with E-state index >= 15 is 0 Å². The number of rotatable bonds is 2. The van der Waals surface area contributed by atoms with E-state index in [1.807, 2.05) is 0 Å². The maximum atomic E-state index is 13.7. The monoisotopic (exact) mass is 339 g/mol. The molecular formula is C16H9F4NO3. The number of esters is 1. The van der Waals surface area contributed by atoms with Crippen LogP contribution in [0, 0.1) is 5.82 Å². The highest BCUT2D eigenvalue weighted by atomic mass is 19.4. The number of halogens is 4. The first-order valence-electron chi connectivity index (χ1n) is 6.65. The smallest absolute Gasteiger partial charge is 0.419 e. The summed E-state index contributed by atoms with van der Waals surface area (Å²) < 4.78 is 61.4. The number of nitrogens with zero attached hydrogens (tertiary/aromatic N) is 1. The molecule has 0 bridgehead atoms. The molecule has 0 fully saturated rings. The molecule has 0 saturated carbocycles. The van der Waals surface area contributed by atoms with Gasteiger partial charge in [-0.1, -0.05) is 0 Å². The lowest BCUT2D eigenvalue weighted by molar-refractivity contribution is -0.139. The second kappa shape index (κ2) is 5.63. The summed E-state index contributed by atoms with van der Waals surface area (Å²) in [6.45, 7) is 0. The molecule has 0 saturated heterocycles. The minimum atomic E-state index is -4.78. The van der Waals surface area contributed by atoms with Crippen molar-refractivity contribution in [3.8, 4) is 11.5 Å². The lowest BCUT2D eigenvalue weighted by Crippen LogP contribution is -2.07. The Bertz CT molecular complexity index is 931. The van der Waals surface area contributed by atoms with E-state index in [2.05, 4.69) is 9.72 Å². The molecule has 4 nitrogen and oxygen atoms in total. The van der Waals surface area contributed by atoms with Crippen LogP contribution < -0.4 is 0 Å². The number of carbonyl (C=O) groups excluding carboxylic acids is 1. The molecule has 0 unspecified atom stereocenters. The van der Waals surface area contributed by atoms with Crippen molar-refractivity contribution in [2.24, 2.45) is 0 Å². The highest BCUT2D eigenvalue weighted by Gasteiger charge is 2.34. The molecule has 8 heteroatoms. The van der Waals surface area contributed by atoms with Gasteiger partial charge in [-0.3, -0.25) is 0 Å². The van der Waals surface area contributed by atoms with Crippen molar-refractivity contribution in [1.82, 2.24) is 4.98 Å². The molecule has 0 atom stereocenters. The van der Waals surface area contributed by atoms with Crippen molar-refractivity contribution in [3.05, 3.63) is 53.3 Å². The SMILES string of the molecule is COC(=O)c1ccc2nc(-c3ccc(C(F)(F)F)c(F)c3)oc2c1. The van der Waals surface area contributed by atoms with Gasteiger partial charge in [0.15, 0.2) is 5.58 Å². The Hall–Kier alpha value is -2.90. The van der Waals surface area contributed by atoms with Gasteiger partial charge in [-0.15, -0.1) is 0 Å². The summed E-state index contributed by atoms with van der Waals surface area (Å²) in [5.74, 6) is -2.05. The van der Waals surface area contributed by atoms with Crippen LogP contribution >= 0.6 is 0 Å². The van der Waals surface area contributed by atoms with Gasteiger partial charge in [-0.25, -0.2) is 14.2 Å². The first-order chi connectivity index (χ1) is 11.3. The highest BCUT2D eigenvalue weighted by molar-refractivity contribution is 5.93. The van der Waals surface area contributed by atoms with Crippen LogP contribution in [0.2, 0.25) is 0 Å². The van der Waals surface area contributed by atoms with Crippen LogP contribution in [-0.2, 0) is 10.9 Å². The van der Waals surface area contributed by atoms with Gasteiger partial charge in [0.05, 0.1) is 18.2 Å². The number of hydrogen-bond acceptors (Lipinski definition) is 4. The molecule has 0 N–H and O–H groups in total. The number of alkyl halides is 3. The largest absolute Gasteiger partial charge is 0.465 e. The van der Waals surface area contributed by atoms with E-state index in [1.165, 1.54) is 25.3 Å². The summed E-state index contributed by atoms with van der Waals surface area (Å²) in [4.78, 5) is 15.5. The zero-order chi connectivity index (χ0) is 17.5. The molecule has 0 amide bonds. The zero-order valence-corrected chi connectivity index (χ0v) is 12.1. The Labute approximate surface area is 132 Å². The number of hydrogen-bond donors (Lipinski definition) is 0. The van der Waals surface area contributed by atoms with Gasteiger partial charge in [0.1, 0.15) is 11.3 Å². The van der Waals surface area contributed by atoms with Gasteiger partial charge in [-0.2, -0.15) is 13.2 Å². The van der Waals surface area contributed by atoms with Gasteiger partial charge >= 0.3 is 12.1 Å². The second-order valence-electron chi connectivity index (χ2n) is 4.89. The third kappa shape index (κ3) is 2.82. The van der Waals surface area contributed by atoms with Gasteiger partial charge in [-0.05, 0) is 36.4 Å². The van der Waals surface area contributed by atoms with Gasteiger partial charge in [0, 0.05) is 5.56 Å². The average Bonchev–Trinajstić information content (AvgIpc) is 2.95. The van der Waals surface area contributed by atoms with Crippen molar-refractivity contribution in [2.75, 3.05) is 7.11 Å². The number of methoxy groups -OCH3 is 1. The Kier molecular flexibility index (Phi) is 3.75. The lowest BCUT2D eigenvalue weighted by Gasteiger charge is -2.07. The fourth-order valence-electron chi connectivity index (χ4n) is 2.17. The normalized spacial score (nSPS) is 11.7. The standard InChI is InChI=1S/C16H9F4NO3/c1-23-15(22)9-3-5-12-13(7-9)24-14(21-12)8-2-4-10(11(17)6-8)16(18,19)20/h2-7H,1H3. The molecule has 3 aromatic rings. The van der Waals surface area contributed by atoms with Crippen LogP contribution in [0.15, 0.2) is 40.8 Å². The number of carbonyl (C=O) groups is 1. The van der Waals surface area contributed by atoms with E-state index in [4.69, 9.17) is 4.42 Å². The van der Waals surface area contributed by atoms with Crippen LogP contribution in [-0.4, -0.2) is 18.1 Å². The summed E-state index contributed by atoms with van der Waals surface area (Å²) in [6.07, 6.45) is -4.78. The molecule has 2 aromatic carbocycles. The van der Waals surface area contributed by atoms with E-state index < -0.39 is 23.5 Å². The molecule has 1 aromatic heterocycles. The summed E-state index contributed by atoms with van der Waals surface area (Å²) >= 11 is 0. The Morgan fingerprint density at radius 1 is 1.17 bits per heavy atom. The van der Waals surface area contributed by atoms with Crippen LogP contribution in [0.1, 0.15) is 15.9 Å². The van der Waals surface area contributed by atoms with E-state index in [9.17, 15) is 22.4 Å². The van der Waals surface area contributed by atoms with Crippen LogP contribution in [0.5, 0.6) is 0 Å². The van der Waals surface area contributed by atoms with E-state index in [0.29, 0.717) is 17.6 Å². The summed E-state index contributed by atoms with van der Waals surface area (Å²) in [7, 11) is 1.23. The molecule has 0 radical (unpaired) electrons. The average molecular weight is 339 g/mol. The first kappa shape index (κ1) is 16.0. The Morgan fingerprint density at radius 2 is 1.92 bits per heavy atom. The number of oxazole rings is 1. The highest BCUT2D eigenvalue weighted by Crippen LogP contribution is 2.34. The third-order valence-electron chi connectivity index (χ3n) is 3.33. The molecule has 124 valence electrons. The Balaban J connectivity index is 2.04. The number of aromatic nitrogens is 1. The molecule has 0 spiro atoms. The molecule has 1 heterocycles. The van der Waals surface area contributed by atoms with Crippen LogP contribution in [0.25, 0.3) is 22.6 Å². The minimum absolute atomic E-state index is 0.0521. The predicted molar refractivity (Wildman–Crippen MR) is 75.7 cm³/mol. The topological polar surface area (TPSA) is 52.3 Å². The second-order valence-corrected chi connectivity index (χ2v) is 4.89. The minimum Gasteiger partial charge on any atom is -0.465 e. The van der Waals surface area contributed by atoms with Crippen molar-refractivity contribution >= 4 is 17.1 Å². The van der Waals surface area contributed by atoms with Crippen LogP contribution in [0.3, 0.4) is 0 Å². The van der Waals surface area contributed by atoms with Crippen molar-refractivity contribution in [1.29, 1.82) is 0 Å². The first-order valence-corrected chi connectivity index (χ1v) is 6.65. The van der Waals surface area contributed by atoms with Gasteiger partial charge in [0.2, 0.25) is 5.89 Å². The summed E-state index contributed by atoms with van der Waals surface area (Å²) in [6, 6.07) is 6.74. The van der Waals surface area contributed by atoms with Crippen molar-refractivity contribution < 1.29 is 31.5 Å². The molecule has 3 rings (SSSR count). The van der Waals surface area contributed by atoms with Crippen molar-refractivity contribution in [3.63, 3.8) is 0 Å². The number of ether oxygens (including phenoxy) is 1. The third-order valence-corrected chi connectivity index (χ3v) is 3.33. The summed E-state index contributed by atoms with van der Waals surface area (Å²) in [5, 5.41) is 0. The van der Waals surface area contributed by atoms with E-state index in [0.717, 1.165) is 6.07 Å². The van der Waals surface area contributed by atoms with E-state index in [-0.39, 0.29) is 22.6 Å². The number of benzene rings is 2. The van der Waals surface area contributed by atoms with Gasteiger partial charge < -0.3 is 9.15 Å². The maximum Gasteiger partial charge on any atom is 0.419 e. The van der Waals surface area contributed by atoms with E-state index in [1.54, 1.807) is 0 Å². The van der Waals surface area contributed by atoms with Crippen molar-refractivity contribution in [2.45, 2.75) is 6.18 Å². The Morgan fingerprint density at radius 3 is 2.54 bits per heavy atom. The molecule has 0 aliphatic heterocycles. The molecule has 0 aliphatic rings. The van der Waals surface area contributed by atoms with Crippen LogP contribution in [0.4, 0.5) is 17.6 Å². The zero-order valence-electron chi connectivity index (χ0n) is 12.1. The fourth-order valence-corrected chi connectivity index (χ4v) is 2.17. The maximum absolute atomic E-state index is 13.7. The molecular weight excluding hydrogens is 330 g/mol. The fraction of sp³-hybridized carbons (Fsp3) is 0.125. The van der Waals surface area contributed by atoms with Gasteiger partial charge in [0.25, 0.3) is 0 Å². The quantitative estimate of drug-likeness (QED) is 0.512.